The number of carbonyl (C=O) groups excluding carboxylic acids is 2. The first kappa shape index (κ1) is 30.9. The van der Waals surface area contributed by atoms with Crippen molar-refractivity contribution in [1.82, 2.24) is 10.2 Å². The second-order valence-corrected chi connectivity index (χ2v) is 11.6. The normalized spacial score (nSPS) is 12.8. The summed E-state index contributed by atoms with van der Waals surface area (Å²) < 4.78 is 47.5. The highest BCUT2D eigenvalue weighted by Crippen LogP contribution is 2.28. The average molecular weight is 590 g/mol. The number of hydrogen-bond acceptors (Lipinski definition) is 5. The Balaban J connectivity index is 2.03. The van der Waals surface area contributed by atoms with Gasteiger partial charge in [0.05, 0.1) is 22.7 Å². The summed E-state index contributed by atoms with van der Waals surface area (Å²) in [5.41, 5.74) is 0.712. The number of halogens is 2. The lowest BCUT2D eigenvalue weighted by Crippen LogP contribution is -2.52. The van der Waals surface area contributed by atoms with Crippen LogP contribution >= 0.6 is 11.6 Å². The SMILES string of the molecule is CC[C@H](C)NC(=O)[C@@H](C)N(Cc1ccc(OC)cc1)C(=O)CN(c1ccc(F)c(Cl)c1)S(=O)(=O)c1ccccc1. The van der Waals surface area contributed by atoms with Crippen molar-refractivity contribution in [2.24, 2.45) is 0 Å². The molecule has 2 amide bonds. The van der Waals surface area contributed by atoms with E-state index in [1.807, 2.05) is 13.8 Å². The van der Waals surface area contributed by atoms with Gasteiger partial charge in [0.1, 0.15) is 24.2 Å². The fraction of sp³-hybridized carbons (Fsp3) is 0.310. The molecular weight excluding hydrogens is 557 g/mol. The van der Waals surface area contributed by atoms with E-state index in [2.05, 4.69) is 5.32 Å². The largest absolute Gasteiger partial charge is 0.497 e. The van der Waals surface area contributed by atoms with E-state index in [0.717, 1.165) is 16.4 Å². The Labute approximate surface area is 239 Å². The van der Waals surface area contributed by atoms with Gasteiger partial charge in [0, 0.05) is 12.6 Å². The molecule has 40 heavy (non-hydrogen) atoms. The number of amides is 2. The van der Waals surface area contributed by atoms with Gasteiger partial charge in [0.15, 0.2) is 0 Å². The van der Waals surface area contributed by atoms with Crippen molar-refractivity contribution in [2.75, 3.05) is 18.0 Å². The number of rotatable bonds is 12. The summed E-state index contributed by atoms with van der Waals surface area (Å²) in [5, 5.41) is 2.58. The fourth-order valence-electron chi connectivity index (χ4n) is 3.86. The number of benzene rings is 3. The average Bonchev–Trinajstić information content (AvgIpc) is 2.96. The summed E-state index contributed by atoms with van der Waals surface area (Å²) in [7, 11) is -2.74. The summed E-state index contributed by atoms with van der Waals surface area (Å²) in [6.45, 7) is 4.74. The summed E-state index contributed by atoms with van der Waals surface area (Å²) in [5.74, 6) is -1.12. The lowest BCUT2D eigenvalue weighted by Gasteiger charge is -2.32. The molecule has 11 heteroatoms. The van der Waals surface area contributed by atoms with Gasteiger partial charge in [-0.1, -0.05) is 48.9 Å². The van der Waals surface area contributed by atoms with E-state index in [-0.39, 0.29) is 34.1 Å². The Bertz CT molecular complexity index is 1420. The smallest absolute Gasteiger partial charge is 0.264 e. The molecule has 0 aliphatic heterocycles. The van der Waals surface area contributed by atoms with Crippen LogP contribution in [-0.4, -0.2) is 50.9 Å². The molecule has 0 saturated carbocycles. The molecule has 0 aromatic heterocycles. The van der Waals surface area contributed by atoms with Gasteiger partial charge in [-0.15, -0.1) is 0 Å². The lowest BCUT2D eigenvalue weighted by molar-refractivity contribution is -0.139. The maximum Gasteiger partial charge on any atom is 0.264 e. The summed E-state index contributed by atoms with van der Waals surface area (Å²) in [6.07, 6.45) is 0.694. The fourth-order valence-corrected chi connectivity index (χ4v) is 5.47. The van der Waals surface area contributed by atoms with Gasteiger partial charge in [-0.05, 0) is 68.3 Å². The number of anilines is 1. The van der Waals surface area contributed by atoms with Gasteiger partial charge in [0.25, 0.3) is 10.0 Å². The highest BCUT2D eigenvalue weighted by Gasteiger charge is 2.33. The van der Waals surface area contributed by atoms with Crippen LogP contribution in [0.2, 0.25) is 5.02 Å². The van der Waals surface area contributed by atoms with Gasteiger partial charge in [-0.25, -0.2) is 12.8 Å². The second-order valence-electron chi connectivity index (χ2n) is 9.29. The topological polar surface area (TPSA) is 96.0 Å². The monoisotopic (exact) mass is 589 g/mol. The molecule has 214 valence electrons. The number of nitrogens with zero attached hydrogens (tertiary/aromatic N) is 2. The molecule has 0 heterocycles. The van der Waals surface area contributed by atoms with Crippen LogP contribution < -0.4 is 14.4 Å². The van der Waals surface area contributed by atoms with Crippen LogP contribution in [0.1, 0.15) is 32.8 Å². The highest BCUT2D eigenvalue weighted by molar-refractivity contribution is 7.92. The predicted molar refractivity (Wildman–Crippen MR) is 153 cm³/mol. The van der Waals surface area contributed by atoms with Crippen molar-refractivity contribution in [2.45, 2.75) is 50.7 Å². The van der Waals surface area contributed by atoms with E-state index >= 15 is 0 Å². The number of hydrogen-bond donors (Lipinski definition) is 1. The molecule has 0 saturated heterocycles. The molecule has 8 nitrogen and oxygen atoms in total. The highest BCUT2D eigenvalue weighted by atomic mass is 35.5. The predicted octanol–water partition coefficient (Wildman–Crippen LogP) is 5.02. The van der Waals surface area contributed by atoms with Gasteiger partial charge in [0.2, 0.25) is 11.8 Å². The molecule has 0 spiro atoms. The first-order valence-electron chi connectivity index (χ1n) is 12.7. The van der Waals surface area contributed by atoms with Crippen LogP contribution in [0.5, 0.6) is 5.75 Å². The summed E-state index contributed by atoms with van der Waals surface area (Å²) in [6, 6.07) is 16.9. The van der Waals surface area contributed by atoms with Crippen LogP contribution in [0.3, 0.4) is 0 Å². The number of methoxy groups -OCH3 is 1. The third-order valence-corrected chi connectivity index (χ3v) is 8.56. The van der Waals surface area contributed by atoms with E-state index in [1.165, 1.54) is 30.2 Å². The van der Waals surface area contributed by atoms with Crippen molar-refractivity contribution in [1.29, 1.82) is 0 Å². The Hall–Kier alpha value is -3.63. The standard InChI is InChI=1S/C29H33ClFN3O5S/c1-5-20(2)32-29(36)21(3)33(18-22-11-14-24(39-4)15-12-22)28(35)19-34(23-13-16-27(31)26(30)17-23)40(37,38)25-9-7-6-8-10-25/h6-17,20-21H,5,18-19H2,1-4H3,(H,32,36)/t20-,21+/m0/s1. The minimum atomic E-state index is -4.28. The van der Waals surface area contributed by atoms with Crippen LogP contribution in [0, 0.1) is 5.82 Å². The summed E-state index contributed by atoms with van der Waals surface area (Å²) >= 11 is 5.98. The molecule has 1 N–H and O–H groups in total. The zero-order chi connectivity index (χ0) is 29.4. The van der Waals surface area contributed by atoms with E-state index in [9.17, 15) is 22.4 Å². The molecule has 0 aliphatic carbocycles. The van der Waals surface area contributed by atoms with Crippen molar-refractivity contribution in [3.63, 3.8) is 0 Å². The maximum absolute atomic E-state index is 14.0. The van der Waals surface area contributed by atoms with Gasteiger partial charge < -0.3 is 15.0 Å². The van der Waals surface area contributed by atoms with E-state index in [0.29, 0.717) is 17.7 Å². The molecule has 0 fully saturated rings. The van der Waals surface area contributed by atoms with Crippen LogP contribution in [-0.2, 0) is 26.2 Å². The molecule has 0 bridgehead atoms. The maximum atomic E-state index is 14.0. The van der Waals surface area contributed by atoms with Crippen LogP contribution in [0.4, 0.5) is 10.1 Å². The van der Waals surface area contributed by atoms with Crippen molar-refractivity contribution in [3.05, 3.63) is 89.2 Å². The zero-order valence-corrected chi connectivity index (χ0v) is 24.4. The van der Waals surface area contributed by atoms with E-state index < -0.39 is 34.3 Å². The molecule has 3 aromatic carbocycles. The molecule has 0 unspecified atom stereocenters. The molecule has 0 radical (unpaired) electrons. The van der Waals surface area contributed by atoms with Crippen LogP contribution in [0.25, 0.3) is 0 Å². The van der Waals surface area contributed by atoms with Crippen LogP contribution in [0.15, 0.2) is 77.7 Å². The molecule has 3 aromatic rings. The van der Waals surface area contributed by atoms with Crippen molar-refractivity contribution < 1.29 is 27.1 Å². The minimum Gasteiger partial charge on any atom is -0.497 e. The molecule has 2 atom stereocenters. The third-order valence-electron chi connectivity index (χ3n) is 6.48. The Morgan fingerprint density at radius 2 is 1.68 bits per heavy atom. The molecular formula is C29H33ClFN3O5S. The number of sulfonamides is 1. The third kappa shape index (κ3) is 7.51. The van der Waals surface area contributed by atoms with Gasteiger partial charge in [-0.3, -0.25) is 13.9 Å². The Kier molecular flexibility index (Phi) is 10.5. The number of ether oxygens (including phenoxy) is 1. The van der Waals surface area contributed by atoms with E-state index in [4.69, 9.17) is 16.3 Å². The van der Waals surface area contributed by atoms with Crippen molar-refractivity contribution >= 4 is 39.1 Å². The van der Waals surface area contributed by atoms with Gasteiger partial charge >= 0.3 is 0 Å². The zero-order valence-electron chi connectivity index (χ0n) is 22.8. The first-order chi connectivity index (χ1) is 19.0. The lowest BCUT2D eigenvalue weighted by atomic mass is 10.1. The molecule has 0 aliphatic rings. The van der Waals surface area contributed by atoms with Crippen molar-refractivity contribution in [3.8, 4) is 5.75 Å². The first-order valence-corrected chi connectivity index (χ1v) is 14.5. The number of nitrogens with one attached hydrogen (secondary N) is 1. The molecule has 3 rings (SSSR count). The number of carbonyl (C=O) groups is 2. The second kappa shape index (κ2) is 13.6. The quantitative estimate of drug-likeness (QED) is 0.320. The Morgan fingerprint density at radius 3 is 2.25 bits per heavy atom. The van der Waals surface area contributed by atoms with Gasteiger partial charge in [-0.2, -0.15) is 0 Å². The Morgan fingerprint density at radius 1 is 1.02 bits per heavy atom. The summed E-state index contributed by atoms with van der Waals surface area (Å²) in [4.78, 5) is 28.2. The minimum absolute atomic E-state index is 0.00436. The van der Waals surface area contributed by atoms with E-state index in [1.54, 1.807) is 49.4 Å².